The Morgan fingerprint density at radius 1 is 1.15 bits per heavy atom. The highest BCUT2D eigenvalue weighted by atomic mass is 16.3. The molecule has 1 aliphatic heterocycles. The number of phenolic OH excluding ortho intramolecular Hbond substituents is 1. The largest absolute Gasteiger partial charge is 0.506 e. The van der Waals surface area contributed by atoms with Gasteiger partial charge in [0.05, 0.1) is 31.9 Å². The van der Waals surface area contributed by atoms with Crippen molar-refractivity contribution in [2.45, 2.75) is 26.2 Å². The fourth-order valence-electron chi connectivity index (χ4n) is 3.65. The van der Waals surface area contributed by atoms with E-state index >= 15 is 0 Å². The first-order valence-corrected chi connectivity index (χ1v) is 9.83. The molecular formula is C22H30N3O2+. The Kier molecular flexibility index (Phi) is 6.35. The average Bonchev–Trinajstić information content (AvgIpc) is 2.69. The summed E-state index contributed by atoms with van der Waals surface area (Å²) in [7, 11) is 0. The molecule has 1 fully saturated rings. The Morgan fingerprint density at radius 3 is 2.52 bits per heavy atom. The van der Waals surface area contributed by atoms with Gasteiger partial charge in [0.25, 0.3) is 5.91 Å². The van der Waals surface area contributed by atoms with Gasteiger partial charge >= 0.3 is 0 Å². The van der Waals surface area contributed by atoms with Crippen LogP contribution in [0, 0.1) is 0 Å². The second-order valence-electron chi connectivity index (χ2n) is 7.35. The molecule has 0 aromatic heterocycles. The Labute approximate surface area is 161 Å². The van der Waals surface area contributed by atoms with Gasteiger partial charge in [0.15, 0.2) is 6.54 Å². The zero-order valence-electron chi connectivity index (χ0n) is 16.2. The summed E-state index contributed by atoms with van der Waals surface area (Å²) < 4.78 is 0. The highest BCUT2D eigenvalue weighted by Gasteiger charge is 2.24. The predicted octanol–water partition coefficient (Wildman–Crippen LogP) is 2.25. The number of rotatable bonds is 6. The summed E-state index contributed by atoms with van der Waals surface area (Å²) in [5.74, 6) is 0.813. The fraction of sp³-hybridized carbons (Fsp3) is 0.409. The van der Waals surface area contributed by atoms with Crippen molar-refractivity contribution in [3.8, 4) is 5.75 Å². The number of nitrogens with one attached hydrogen (secondary N) is 2. The van der Waals surface area contributed by atoms with Crippen molar-refractivity contribution in [2.75, 3.05) is 42.9 Å². The third kappa shape index (κ3) is 4.80. The summed E-state index contributed by atoms with van der Waals surface area (Å²) in [5.41, 5.74) is 3.01. The van der Waals surface area contributed by atoms with Crippen molar-refractivity contribution in [1.82, 2.24) is 0 Å². The molecule has 0 bridgehead atoms. The van der Waals surface area contributed by atoms with Gasteiger partial charge in [-0.1, -0.05) is 44.2 Å². The lowest BCUT2D eigenvalue weighted by molar-refractivity contribution is -0.892. The maximum Gasteiger partial charge on any atom is 0.279 e. The lowest BCUT2D eigenvalue weighted by Crippen LogP contribution is -3.15. The van der Waals surface area contributed by atoms with Crippen LogP contribution in [0.3, 0.4) is 0 Å². The molecule has 144 valence electrons. The van der Waals surface area contributed by atoms with E-state index in [0.717, 1.165) is 44.0 Å². The topological polar surface area (TPSA) is 57.0 Å². The van der Waals surface area contributed by atoms with E-state index < -0.39 is 0 Å². The Hall–Kier alpha value is -2.53. The molecule has 1 aliphatic rings. The number of anilines is 2. The number of hydrogen-bond acceptors (Lipinski definition) is 3. The molecule has 1 saturated heterocycles. The number of phenols is 1. The van der Waals surface area contributed by atoms with Gasteiger partial charge in [-0.3, -0.25) is 4.79 Å². The maximum atomic E-state index is 12.6. The molecule has 0 spiro atoms. The van der Waals surface area contributed by atoms with Crippen molar-refractivity contribution < 1.29 is 14.8 Å². The number of carbonyl (C=O) groups excluding carboxylic acids is 1. The minimum absolute atomic E-state index is 0.0664. The van der Waals surface area contributed by atoms with Crippen LogP contribution in [0.1, 0.15) is 31.7 Å². The molecule has 1 amide bonds. The van der Waals surface area contributed by atoms with E-state index in [1.807, 2.05) is 36.4 Å². The molecule has 1 atom stereocenters. The summed E-state index contributed by atoms with van der Waals surface area (Å²) in [5, 5.41) is 13.1. The van der Waals surface area contributed by atoms with Gasteiger partial charge < -0.3 is 20.2 Å². The molecule has 1 heterocycles. The molecule has 3 N–H and O–H groups in total. The van der Waals surface area contributed by atoms with Crippen LogP contribution in [0.4, 0.5) is 11.4 Å². The van der Waals surface area contributed by atoms with E-state index in [0.29, 0.717) is 18.2 Å². The van der Waals surface area contributed by atoms with Crippen LogP contribution in [0.15, 0.2) is 48.5 Å². The number of aromatic hydroxyl groups is 1. The second-order valence-corrected chi connectivity index (χ2v) is 7.35. The second kappa shape index (κ2) is 8.91. The Bertz CT molecular complexity index is 770. The molecule has 0 radical (unpaired) electrons. The highest BCUT2D eigenvalue weighted by molar-refractivity contribution is 5.92. The van der Waals surface area contributed by atoms with Crippen LogP contribution in [0.25, 0.3) is 0 Å². The SMILES string of the molecule is CC[C@H](C)c1ccccc1NC(=O)C[NH+]1CCN(c2ccccc2O)CC1. The molecule has 27 heavy (non-hydrogen) atoms. The summed E-state index contributed by atoms with van der Waals surface area (Å²) in [6.07, 6.45) is 1.05. The third-order valence-electron chi connectivity index (χ3n) is 5.48. The molecular weight excluding hydrogens is 338 g/mol. The van der Waals surface area contributed by atoms with Gasteiger partial charge in [0.2, 0.25) is 0 Å². The molecule has 2 aromatic carbocycles. The van der Waals surface area contributed by atoms with Gasteiger partial charge in [0.1, 0.15) is 5.75 Å². The van der Waals surface area contributed by atoms with E-state index in [-0.39, 0.29) is 5.91 Å². The number of para-hydroxylation sites is 3. The lowest BCUT2D eigenvalue weighted by atomic mass is 9.97. The molecule has 0 unspecified atom stereocenters. The third-order valence-corrected chi connectivity index (χ3v) is 5.48. The molecule has 0 aliphatic carbocycles. The fourth-order valence-corrected chi connectivity index (χ4v) is 3.65. The van der Waals surface area contributed by atoms with Gasteiger partial charge in [0, 0.05) is 5.69 Å². The monoisotopic (exact) mass is 368 g/mol. The van der Waals surface area contributed by atoms with Crippen molar-refractivity contribution >= 4 is 17.3 Å². The van der Waals surface area contributed by atoms with Crippen molar-refractivity contribution in [1.29, 1.82) is 0 Å². The number of quaternary nitrogens is 1. The smallest absolute Gasteiger partial charge is 0.279 e. The first-order chi connectivity index (χ1) is 13.1. The van der Waals surface area contributed by atoms with Crippen molar-refractivity contribution in [2.24, 2.45) is 0 Å². The van der Waals surface area contributed by atoms with E-state index in [2.05, 4.69) is 30.1 Å². The number of hydrogen-bond donors (Lipinski definition) is 3. The zero-order valence-corrected chi connectivity index (χ0v) is 16.2. The van der Waals surface area contributed by atoms with Crippen LogP contribution in [0.2, 0.25) is 0 Å². The van der Waals surface area contributed by atoms with Gasteiger partial charge in [-0.2, -0.15) is 0 Å². The first kappa shape index (κ1) is 19.2. The van der Waals surface area contributed by atoms with E-state index in [1.165, 1.54) is 10.5 Å². The molecule has 5 heteroatoms. The molecule has 2 aromatic rings. The van der Waals surface area contributed by atoms with E-state index in [9.17, 15) is 9.90 Å². The van der Waals surface area contributed by atoms with Gasteiger partial charge in [-0.15, -0.1) is 0 Å². The zero-order chi connectivity index (χ0) is 19.2. The van der Waals surface area contributed by atoms with Crippen LogP contribution < -0.4 is 15.1 Å². The Balaban J connectivity index is 1.54. The first-order valence-electron chi connectivity index (χ1n) is 9.83. The van der Waals surface area contributed by atoms with Crippen molar-refractivity contribution in [3.63, 3.8) is 0 Å². The lowest BCUT2D eigenvalue weighted by Gasteiger charge is -2.33. The van der Waals surface area contributed by atoms with Crippen LogP contribution >= 0.6 is 0 Å². The van der Waals surface area contributed by atoms with E-state index in [1.54, 1.807) is 6.07 Å². The predicted molar refractivity (Wildman–Crippen MR) is 110 cm³/mol. The number of amides is 1. The van der Waals surface area contributed by atoms with Crippen LogP contribution in [-0.4, -0.2) is 43.7 Å². The van der Waals surface area contributed by atoms with Crippen LogP contribution in [0.5, 0.6) is 5.75 Å². The van der Waals surface area contributed by atoms with Crippen LogP contribution in [-0.2, 0) is 4.79 Å². The standard InChI is InChI=1S/C22H29N3O2/c1-3-17(2)18-8-4-5-9-19(18)23-22(27)16-24-12-14-25(15-13-24)20-10-6-7-11-21(20)26/h4-11,17,26H,3,12-16H2,1-2H3,(H,23,27)/p+1/t17-/m0/s1. The molecule has 0 saturated carbocycles. The van der Waals surface area contributed by atoms with Gasteiger partial charge in [-0.25, -0.2) is 0 Å². The highest BCUT2D eigenvalue weighted by Crippen LogP contribution is 2.27. The summed E-state index contributed by atoms with van der Waals surface area (Å²) in [6.45, 7) is 8.27. The number of benzene rings is 2. The maximum absolute atomic E-state index is 12.6. The number of piperazine rings is 1. The minimum atomic E-state index is 0.0664. The normalized spacial score (nSPS) is 16.1. The van der Waals surface area contributed by atoms with E-state index in [4.69, 9.17) is 0 Å². The number of nitrogens with zero attached hydrogens (tertiary/aromatic N) is 1. The minimum Gasteiger partial charge on any atom is -0.506 e. The van der Waals surface area contributed by atoms with Gasteiger partial charge in [-0.05, 0) is 36.1 Å². The average molecular weight is 369 g/mol. The summed E-state index contributed by atoms with van der Waals surface area (Å²) in [4.78, 5) is 16.0. The summed E-state index contributed by atoms with van der Waals surface area (Å²) >= 11 is 0. The summed E-state index contributed by atoms with van der Waals surface area (Å²) in [6, 6.07) is 15.5. The molecule has 3 rings (SSSR count). The quantitative estimate of drug-likeness (QED) is 0.733. The van der Waals surface area contributed by atoms with Crippen molar-refractivity contribution in [3.05, 3.63) is 54.1 Å². The molecule has 5 nitrogen and oxygen atoms in total. The Morgan fingerprint density at radius 2 is 1.81 bits per heavy atom. The number of carbonyl (C=O) groups is 1.